The van der Waals surface area contributed by atoms with Crippen molar-refractivity contribution >= 4 is 12.0 Å². The van der Waals surface area contributed by atoms with Crippen LogP contribution in [0, 0.1) is 0 Å². The largest absolute Gasteiger partial charge is 0.364 e. The van der Waals surface area contributed by atoms with E-state index in [1.165, 1.54) is 17.5 Å². The van der Waals surface area contributed by atoms with Crippen LogP contribution in [0.1, 0.15) is 34.3 Å². The summed E-state index contributed by atoms with van der Waals surface area (Å²) in [4.78, 5) is 21.3. The van der Waals surface area contributed by atoms with Gasteiger partial charge in [0.05, 0.1) is 18.1 Å². The van der Waals surface area contributed by atoms with Crippen LogP contribution in [-0.4, -0.2) is 22.8 Å². The zero-order valence-corrected chi connectivity index (χ0v) is 10.8. The van der Waals surface area contributed by atoms with Gasteiger partial charge in [-0.05, 0) is 23.1 Å². The lowest BCUT2D eigenvalue weighted by molar-refractivity contribution is 0.112. The fourth-order valence-electron chi connectivity index (χ4n) is 2.67. The number of aldehydes is 1. The highest BCUT2D eigenvalue weighted by molar-refractivity contribution is 5.75. The molecule has 1 aliphatic heterocycles. The van der Waals surface area contributed by atoms with Crippen molar-refractivity contribution in [1.29, 1.82) is 0 Å². The van der Waals surface area contributed by atoms with Crippen LogP contribution in [0.3, 0.4) is 0 Å². The highest BCUT2D eigenvalue weighted by Crippen LogP contribution is 2.30. The van der Waals surface area contributed by atoms with E-state index in [4.69, 9.17) is 0 Å². The molecule has 2 aromatic rings. The minimum absolute atomic E-state index is 0.435. The average Bonchev–Trinajstić information content (AvgIpc) is 2.47. The lowest BCUT2D eigenvalue weighted by Crippen LogP contribution is -2.32. The summed E-state index contributed by atoms with van der Waals surface area (Å²) >= 11 is 0. The summed E-state index contributed by atoms with van der Waals surface area (Å²) in [7, 11) is 0. The Labute approximate surface area is 112 Å². The molecule has 1 aromatic heterocycles. The van der Waals surface area contributed by atoms with E-state index in [0.29, 0.717) is 5.92 Å². The van der Waals surface area contributed by atoms with Gasteiger partial charge in [-0.15, -0.1) is 0 Å². The van der Waals surface area contributed by atoms with Gasteiger partial charge in [0.2, 0.25) is 0 Å². The van der Waals surface area contributed by atoms with Crippen LogP contribution in [0.2, 0.25) is 0 Å². The molecule has 0 saturated heterocycles. The number of aromatic nitrogens is 2. The topological polar surface area (TPSA) is 46.1 Å². The van der Waals surface area contributed by atoms with E-state index in [1.54, 1.807) is 0 Å². The summed E-state index contributed by atoms with van der Waals surface area (Å²) in [6.45, 7) is 3.95. The van der Waals surface area contributed by atoms with Gasteiger partial charge >= 0.3 is 0 Å². The third kappa shape index (κ3) is 2.21. The van der Waals surface area contributed by atoms with Gasteiger partial charge in [-0.3, -0.25) is 4.79 Å². The maximum Gasteiger partial charge on any atom is 0.150 e. The molecule has 4 heteroatoms. The third-order valence-corrected chi connectivity index (χ3v) is 3.60. The molecule has 3 rings (SSSR count). The second-order valence-corrected chi connectivity index (χ2v) is 4.95. The summed E-state index contributed by atoms with van der Waals surface area (Å²) in [6.07, 6.45) is 6.09. The Morgan fingerprint density at radius 3 is 2.84 bits per heavy atom. The van der Waals surface area contributed by atoms with E-state index < -0.39 is 0 Å². The van der Waals surface area contributed by atoms with Crippen molar-refractivity contribution in [2.24, 2.45) is 0 Å². The van der Waals surface area contributed by atoms with Gasteiger partial charge in [0, 0.05) is 18.7 Å². The molecule has 0 bridgehead atoms. The molecule has 1 aromatic carbocycles. The second-order valence-electron chi connectivity index (χ2n) is 4.95. The number of fused-ring (bicyclic) bond motifs is 1. The first-order valence-electron chi connectivity index (χ1n) is 6.36. The monoisotopic (exact) mass is 253 g/mol. The summed E-state index contributed by atoms with van der Waals surface area (Å²) in [5, 5.41) is 0. The first-order chi connectivity index (χ1) is 9.28. The van der Waals surface area contributed by atoms with Gasteiger partial charge in [0.1, 0.15) is 12.6 Å². The molecule has 19 heavy (non-hydrogen) atoms. The van der Waals surface area contributed by atoms with Gasteiger partial charge in [0.25, 0.3) is 0 Å². The van der Waals surface area contributed by atoms with Crippen LogP contribution >= 0.6 is 0 Å². The molecular weight excluding hydrogens is 238 g/mol. The number of nitrogens with zero attached hydrogens (tertiary/aromatic N) is 3. The molecule has 0 saturated carbocycles. The van der Waals surface area contributed by atoms with Gasteiger partial charge in [-0.25, -0.2) is 9.97 Å². The predicted molar refractivity (Wildman–Crippen MR) is 73.3 cm³/mol. The minimum Gasteiger partial charge on any atom is -0.364 e. The number of rotatable bonds is 2. The number of carbonyl (C=O) groups excluding carboxylic acids is 1. The smallest absolute Gasteiger partial charge is 0.150 e. The molecule has 0 amide bonds. The highest BCUT2D eigenvalue weighted by Gasteiger charge is 2.22. The lowest BCUT2D eigenvalue weighted by Gasteiger charge is -2.34. The summed E-state index contributed by atoms with van der Waals surface area (Å²) in [5.41, 5.74) is 4.31. The van der Waals surface area contributed by atoms with E-state index in [-0.39, 0.29) is 0 Å². The molecule has 0 aliphatic carbocycles. The molecule has 1 unspecified atom stereocenters. The quantitative estimate of drug-likeness (QED) is 0.771. The molecule has 1 aliphatic rings. The Morgan fingerprint density at radius 1 is 1.32 bits per heavy atom. The van der Waals surface area contributed by atoms with Gasteiger partial charge in [-0.1, -0.05) is 19.1 Å². The van der Waals surface area contributed by atoms with Crippen LogP contribution in [0.15, 0.2) is 36.9 Å². The maximum absolute atomic E-state index is 10.9. The Balaban J connectivity index is 1.96. The zero-order chi connectivity index (χ0) is 13.2. The molecule has 0 fully saturated rings. The van der Waals surface area contributed by atoms with Crippen molar-refractivity contribution in [3.8, 4) is 0 Å². The van der Waals surface area contributed by atoms with Crippen LogP contribution in [0.5, 0.6) is 0 Å². The second kappa shape index (κ2) is 4.80. The molecule has 2 heterocycles. The maximum atomic E-state index is 10.9. The van der Waals surface area contributed by atoms with Crippen molar-refractivity contribution in [2.75, 3.05) is 11.4 Å². The van der Waals surface area contributed by atoms with Gasteiger partial charge < -0.3 is 4.90 Å². The normalized spacial score (nSPS) is 17.9. The Morgan fingerprint density at radius 2 is 2.11 bits per heavy atom. The SMILES string of the molecule is CC1CN(c2cncnc2)Cc2cc(C=O)ccc21. The van der Waals surface area contributed by atoms with Crippen LogP contribution in [-0.2, 0) is 6.54 Å². The summed E-state index contributed by atoms with van der Waals surface area (Å²) in [5.74, 6) is 0.435. The van der Waals surface area contributed by atoms with Crippen molar-refractivity contribution in [2.45, 2.75) is 19.4 Å². The van der Waals surface area contributed by atoms with E-state index in [9.17, 15) is 4.79 Å². The Kier molecular flexibility index (Phi) is 2.99. The molecule has 96 valence electrons. The van der Waals surface area contributed by atoms with Gasteiger partial charge in [-0.2, -0.15) is 0 Å². The van der Waals surface area contributed by atoms with Gasteiger partial charge in [0.15, 0.2) is 0 Å². The molecule has 0 N–H and O–H groups in total. The highest BCUT2D eigenvalue weighted by atomic mass is 16.1. The molecular formula is C15H15N3O. The molecule has 1 atom stereocenters. The lowest BCUT2D eigenvalue weighted by atomic mass is 9.90. The van der Waals surface area contributed by atoms with Crippen LogP contribution in [0.4, 0.5) is 5.69 Å². The fraction of sp³-hybridized carbons (Fsp3) is 0.267. The first kappa shape index (κ1) is 11.8. The fourth-order valence-corrected chi connectivity index (χ4v) is 2.67. The number of anilines is 1. The van der Waals surface area contributed by atoms with E-state index in [2.05, 4.69) is 27.9 Å². The van der Waals surface area contributed by atoms with Crippen LogP contribution < -0.4 is 4.90 Å². The molecule has 0 spiro atoms. The Hall–Kier alpha value is -2.23. The summed E-state index contributed by atoms with van der Waals surface area (Å²) < 4.78 is 0. The van der Waals surface area contributed by atoms with E-state index >= 15 is 0 Å². The average molecular weight is 253 g/mol. The van der Waals surface area contributed by atoms with Crippen molar-refractivity contribution in [3.05, 3.63) is 53.6 Å². The number of carbonyl (C=O) groups is 1. The first-order valence-corrected chi connectivity index (χ1v) is 6.36. The van der Waals surface area contributed by atoms with E-state index in [1.807, 2.05) is 24.5 Å². The zero-order valence-electron chi connectivity index (χ0n) is 10.8. The Bertz CT molecular complexity index is 598. The molecule has 4 nitrogen and oxygen atoms in total. The predicted octanol–water partition coefficient (Wildman–Crippen LogP) is 2.41. The van der Waals surface area contributed by atoms with E-state index in [0.717, 1.165) is 30.6 Å². The standard InChI is InChI=1S/C15H15N3O/c1-11-7-18(14-5-16-10-17-6-14)8-13-4-12(9-19)2-3-15(11)13/h2-6,9-11H,7-8H2,1H3. The number of benzene rings is 1. The van der Waals surface area contributed by atoms with Crippen molar-refractivity contribution in [3.63, 3.8) is 0 Å². The minimum atomic E-state index is 0.435. The number of hydrogen-bond donors (Lipinski definition) is 0. The molecule has 0 radical (unpaired) electrons. The third-order valence-electron chi connectivity index (χ3n) is 3.60. The summed E-state index contributed by atoms with van der Waals surface area (Å²) in [6, 6.07) is 5.95. The van der Waals surface area contributed by atoms with Crippen LogP contribution in [0.25, 0.3) is 0 Å². The number of hydrogen-bond acceptors (Lipinski definition) is 4. The van der Waals surface area contributed by atoms with Crippen molar-refractivity contribution < 1.29 is 4.79 Å². The van der Waals surface area contributed by atoms with Crippen molar-refractivity contribution in [1.82, 2.24) is 9.97 Å².